The number of aliphatic hydroxyl groups is 17. The molecule has 0 bridgehead atoms. The molecular weight excluding hydrogens is 1030 g/mol. The van der Waals surface area contributed by atoms with Crippen molar-refractivity contribution in [3.63, 3.8) is 0 Å². The Balaban J connectivity index is 0.973. The Bertz CT molecular complexity index is 2190. The molecule has 27 atom stereocenters. The summed E-state index contributed by atoms with van der Waals surface area (Å²) in [5.41, 5.74) is 1.05. The number of imidazole rings is 1. The molecule has 8 heterocycles. The highest BCUT2D eigenvalue weighted by Gasteiger charge is 2.57. The summed E-state index contributed by atoms with van der Waals surface area (Å²) in [7, 11) is 0. The largest absolute Gasteiger partial charge is 0.394 e. The smallest absolute Gasteiger partial charge is 0.187 e. The third kappa shape index (κ3) is 11.9. The molecule has 0 radical (unpaired) electrons. The number of ether oxygens (including phenoxy) is 11. The maximum atomic E-state index is 11.9. The third-order valence-electron chi connectivity index (χ3n) is 13.9. The van der Waals surface area contributed by atoms with Gasteiger partial charge >= 0.3 is 0 Å². The molecule has 6 fully saturated rings. The number of anilines is 1. The van der Waals surface area contributed by atoms with Crippen LogP contribution in [0.2, 0.25) is 0 Å². The van der Waals surface area contributed by atoms with E-state index in [1.54, 1.807) is 13.0 Å². The molecule has 6 saturated heterocycles. The van der Waals surface area contributed by atoms with Crippen LogP contribution in [0.15, 0.2) is 24.3 Å². The van der Waals surface area contributed by atoms with E-state index in [4.69, 9.17) is 52.1 Å². The molecule has 432 valence electrons. The van der Waals surface area contributed by atoms with Gasteiger partial charge in [0.05, 0.1) is 52.6 Å². The molecule has 18 N–H and O–H groups in total. The summed E-state index contributed by atoms with van der Waals surface area (Å²) >= 11 is 0. The van der Waals surface area contributed by atoms with Crippen LogP contribution < -0.4 is 5.32 Å². The van der Waals surface area contributed by atoms with E-state index in [1.807, 2.05) is 0 Å². The number of aromatic nitrogens is 4. The lowest BCUT2D eigenvalue weighted by Crippen LogP contribution is -2.65. The lowest BCUT2D eigenvalue weighted by molar-refractivity contribution is -0.374. The average Bonchev–Trinajstić information content (AvgIpc) is 4.16. The van der Waals surface area contributed by atoms with E-state index < -0.39 is 206 Å². The number of nitrogens with zero attached hydrogens (tertiary/aromatic N) is 4. The van der Waals surface area contributed by atoms with E-state index in [2.05, 4.69) is 20.3 Å². The molecule has 6 aliphatic rings. The van der Waals surface area contributed by atoms with Gasteiger partial charge in [0, 0.05) is 6.54 Å². The molecule has 2 aromatic rings. The lowest BCUT2D eigenvalue weighted by atomic mass is 9.97. The van der Waals surface area contributed by atoms with E-state index in [-0.39, 0.29) is 30.1 Å². The normalized spacial score (nSPS) is 45.3. The maximum absolute atomic E-state index is 11.9. The lowest BCUT2D eigenvalue weighted by Gasteiger charge is -2.46. The zero-order chi connectivity index (χ0) is 54.9. The van der Waals surface area contributed by atoms with Crippen LogP contribution in [0.4, 0.5) is 5.82 Å². The van der Waals surface area contributed by atoms with Crippen LogP contribution in [0.1, 0.15) is 13.2 Å². The topological polar surface area (TPSA) is 501 Å². The number of hydrogen-bond donors (Lipinski definition) is 18. The summed E-state index contributed by atoms with van der Waals surface area (Å²) in [6.45, 7) is -3.34. The van der Waals surface area contributed by atoms with Gasteiger partial charge in [0.15, 0.2) is 54.7 Å². The van der Waals surface area contributed by atoms with Crippen LogP contribution in [0, 0.1) is 0 Å². The third-order valence-corrected chi connectivity index (χ3v) is 13.9. The van der Waals surface area contributed by atoms with Crippen molar-refractivity contribution < 1.29 is 139 Å². The molecule has 0 aromatic carbocycles. The number of hydrogen-bond acceptors (Lipinski definition) is 32. The molecule has 6 aliphatic heterocycles. The molecule has 2 aromatic heterocycles. The second-order valence-electron chi connectivity index (χ2n) is 19.0. The van der Waals surface area contributed by atoms with E-state index in [9.17, 15) is 86.8 Å². The van der Waals surface area contributed by atoms with Gasteiger partial charge in [0.2, 0.25) is 0 Å². The van der Waals surface area contributed by atoms with Crippen molar-refractivity contribution in [3.8, 4) is 0 Å². The predicted octanol–water partition coefficient (Wildman–Crippen LogP) is -10.8. The van der Waals surface area contributed by atoms with Crippen LogP contribution in [0.5, 0.6) is 0 Å². The Morgan fingerprint density at radius 2 is 0.947 bits per heavy atom. The van der Waals surface area contributed by atoms with Gasteiger partial charge in [-0.1, -0.05) is 6.08 Å². The minimum absolute atomic E-state index is 0.111. The molecule has 0 saturated carbocycles. The quantitative estimate of drug-likeness (QED) is 0.0516. The van der Waals surface area contributed by atoms with Crippen LogP contribution in [0.3, 0.4) is 0 Å². The van der Waals surface area contributed by atoms with Gasteiger partial charge in [-0.3, -0.25) is 4.57 Å². The van der Waals surface area contributed by atoms with Gasteiger partial charge in [-0.15, -0.1) is 0 Å². The average molecular weight is 1100 g/mol. The maximum Gasteiger partial charge on any atom is 0.187 e. The molecule has 0 aliphatic carbocycles. The van der Waals surface area contributed by atoms with E-state index in [1.165, 1.54) is 17.2 Å². The predicted molar refractivity (Wildman–Crippen MR) is 239 cm³/mol. The number of fused-ring (bicyclic) bond motifs is 1. The molecule has 0 amide bonds. The van der Waals surface area contributed by atoms with Crippen LogP contribution in [0.25, 0.3) is 11.2 Å². The Morgan fingerprint density at radius 3 is 1.57 bits per heavy atom. The summed E-state index contributed by atoms with van der Waals surface area (Å²) in [5, 5.41) is 182. The van der Waals surface area contributed by atoms with Crippen LogP contribution in [-0.2, 0) is 52.1 Å². The van der Waals surface area contributed by atoms with Gasteiger partial charge < -0.3 is 144 Å². The van der Waals surface area contributed by atoms with Crippen molar-refractivity contribution in [2.24, 2.45) is 0 Å². The summed E-state index contributed by atoms with van der Waals surface area (Å²) in [4.78, 5) is 12.8. The standard InChI is InChI=1S/C43H67N5O28/c1-13(2-3-44-36-20-37(46-11-45-36)48(12-47-20)38-27(61)23(57)14(4-49)67-38)10-66-39-31(65)34(33(19(9-54)71-39)74-40-28(62)24(58)17(7-52)69-40)75-42-30(64)32(18(8-53)72-42)73-43-35(26(60)22(56)16(6-51)70-43)76-41-29(63)25(59)21(55)15(5-50)68-41/h2,11-12,14-19,21-35,38-43,49-65H,3-10H2,1H3,(H,44,45,46)/b13-2+/t14-,15-,16-,17+,18+,19-,21+,22+,23-,24+,25+,26+,27-,28-,29-,30-,31-,32+,33+,34-,35-,38-,39-,40+,41+,42+,43-/m1/s1. The highest BCUT2D eigenvalue weighted by atomic mass is 16.8. The minimum atomic E-state index is -2.02. The first-order valence-corrected chi connectivity index (χ1v) is 24.3. The summed E-state index contributed by atoms with van der Waals surface area (Å²) in [6, 6.07) is 0. The fourth-order valence-electron chi connectivity index (χ4n) is 9.59. The molecule has 76 heavy (non-hydrogen) atoms. The second-order valence-corrected chi connectivity index (χ2v) is 19.0. The van der Waals surface area contributed by atoms with Crippen molar-refractivity contribution in [1.82, 2.24) is 19.5 Å². The summed E-state index contributed by atoms with van der Waals surface area (Å²) < 4.78 is 65.1. The second kappa shape index (κ2) is 25.6. The summed E-state index contributed by atoms with van der Waals surface area (Å²) in [6.07, 6.45) is -41.4. The van der Waals surface area contributed by atoms with Crippen LogP contribution in [-0.4, -0.2) is 319 Å². The molecule has 33 heteroatoms. The fourth-order valence-corrected chi connectivity index (χ4v) is 9.59. The molecular formula is C43H67N5O28. The van der Waals surface area contributed by atoms with Gasteiger partial charge in [0.25, 0.3) is 0 Å². The van der Waals surface area contributed by atoms with Crippen molar-refractivity contribution >= 4 is 17.0 Å². The van der Waals surface area contributed by atoms with Crippen molar-refractivity contribution in [3.05, 3.63) is 24.3 Å². The van der Waals surface area contributed by atoms with E-state index in [0.29, 0.717) is 5.57 Å². The minimum Gasteiger partial charge on any atom is -0.394 e. The van der Waals surface area contributed by atoms with Crippen molar-refractivity contribution in [2.75, 3.05) is 58.1 Å². The first kappa shape index (κ1) is 59.1. The highest BCUT2D eigenvalue weighted by Crippen LogP contribution is 2.38. The molecule has 33 nitrogen and oxygen atoms in total. The highest BCUT2D eigenvalue weighted by molar-refractivity contribution is 5.82. The summed E-state index contributed by atoms with van der Waals surface area (Å²) in [5.74, 6) is 0.267. The van der Waals surface area contributed by atoms with E-state index in [0.717, 1.165) is 0 Å². The monoisotopic (exact) mass is 1100 g/mol. The zero-order valence-corrected chi connectivity index (χ0v) is 40.4. The Kier molecular flexibility index (Phi) is 19.9. The Hall–Kier alpha value is -3.03. The van der Waals surface area contributed by atoms with Crippen LogP contribution >= 0.6 is 0 Å². The SMILES string of the molecule is C/C(=C\CNc1ncnc2c1ncn2[C@@H]1O[C@H](CO)[C@@H](O)[C@H]1O)CO[C@@H]1O[C@H](CO)[C@H](O[C@@H]2O[C@@H](CO)[C@H](O)[C@H]2O)[C@H](O[C@@H]2O[C@@H](CO)[C@H](O[C@H]3O[C@H](CO)[C@H](O)[C@H](O)[C@H]3O[C@@H]3O[C@H](CO)[C@H](O)[C@H](O)[C@H]3O)[C@H]2O)[C@H]1O. The fraction of sp³-hybridized carbons (Fsp3) is 0.837. The van der Waals surface area contributed by atoms with Gasteiger partial charge in [-0.25, -0.2) is 15.0 Å². The van der Waals surface area contributed by atoms with Gasteiger partial charge in [0.1, 0.15) is 135 Å². The number of nitrogens with one attached hydrogen (secondary N) is 1. The Morgan fingerprint density at radius 1 is 0.487 bits per heavy atom. The molecule has 0 spiro atoms. The first-order chi connectivity index (χ1) is 36.4. The van der Waals surface area contributed by atoms with Gasteiger partial charge in [-0.2, -0.15) is 0 Å². The number of rotatable bonds is 21. The van der Waals surface area contributed by atoms with E-state index >= 15 is 0 Å². The van der Waals surface area contributed by atoms with Crippen molar-refractivity contribution in [2.45, 2.75) is 173 Å². The Labute approximate surface area is 430 Å². The zero-order valence-electron chi connectivity index (χ0n) is 40.4. The first-order valence-electron chi connectivity index (χ1n) is 24.3. The molecule has 8 rings (SSSR count). The van der Waals surface area contributed by atoms with Crippen molar-refractivity contribution in [1.29, 1.82) is 0 Å². The van der Waals surface area contributed by atoms with Gasteiger partial charge in [-0.05, 0) is 12.5 Å². The number of aliphatic hydroxyl groups excluding tert-OH is 17. The molecule has 0 unspecified atom stereocenters.